The average Bonchev–Trinajstić information content (AvgIpc) is 2.62. The maximum atomic E-state index is 11.9. The molecule has 1 N–H and O–H groups in total. The monoisotopic (exact) mass is 261 g/mol. The van der Waals surface area contributed by atoms with Crippen molar-refractivity contribution in [2.24, 2.45) is 5.92 Å². The average molecular weight is 261 g/mol. The number of rotatable bonds is 4. The van der Waals surface area contributed by atoms with Gasteiger partial charge in [0.05, 0.1) is 6.42 Å². The van der Waals surface area contributed by atoms with E-state index in [0.717, 1.165) is 0 Å². The minimum absolute atomic E-state index is 0.0382. The van der Waals surface area contributed by atoms with Gasteiger partial charge in [0, 0.05) is 13.1 Å². The number of aliphatic carboxylic acids is 1. The first-order chi connectivity index (χ1) is 7.50. The summed E-state index contributed by atoms with van der Waals surface area (Å²) in [6.45, 7) is 0.624. The van der Waals surface area contributed by atoms with Gasteiger partial charge in [-0.1, -0.05) is 6.07 Å². The third kappa shape index (κ3) is 2.11. The van der Waals surface area contributed by atoms with Gasteiger partial charge in [0.15, 0.2) is 0 Å². The number of nitrogens with zero attached hydrogens (tertiary/aromatic N) is 1. The molecule has 0 spiro atoms. The van der Waals surface area contributed by atoms with Crippen LogP contribution >= 0.6 is 11.3 Å². The van der Waals surface area contributed by atoms with Crippen LogP contribution in [0.25, 0.3) is 0 Å². The van der Waals surface area contributed by atoms with Crippen LogP contribution in [0, 0.1) is 5.92 Å². The number of sulfonamides is 1. The normalized spacial score (nSPS) is 18.2. The van der Waals surface area contributed by atoms with E-state index in [9.17, 15) is 13.2 Å². The second-order valence-electron chi connectivity index (χ2n) is 3.72. The smallest absolute Gasteiger partial charge is 0.303 e. The minimum Gasteiger partial charge on any atom is -0.481 e. The van der Waals surface area contributed by atoms with E-state index in [2.05, 4.69) is 0 Å². The molecule has 2 heterocycles. The molecule has 0 bridgehead atoms. The first-order valence-electron chi connectivity index (χ1n) is 4.75. The van der Waals surface area contributed by atoms with Gasteiger partial charge in [-0.15, -0.1) is 11.3 Å². The van der Waals surface area contributed by atoms with E-state index in [1.165, 1.54) is 15.6 Å². The molecule has 7 heteroatoms. The van der Waals surface area contributed by atoms with Gasteiger partial charge < -0.3 is 5.11 Å². The van der Waals surface area contributed by atoms with E-state index in [1.807, 2.05) is 0 Å². The van der Waals surface area contributed by atoms with E-state index in [0.29, 0.717) is 17.3 Å². The van der Waals surface area contributed by atoms with Crippen LogP contribution in [0.1, 0.15) is 6.42 Å². The summed E-state index contributed by atoms with van der Waals surface area (Å²) >= 11 is 1.18. The minimum atomic E-state index is -3.37. The molecule has 0 aromatic carbocycles. The predicted octanol–water partition coefficient (Wildman–Crippen LogP) is 0.843. The summed E-state index contributed by atoms with van der Waals surface area (Å²) in [6.07, 6.45) is 0.0382. The van der Waals surface area contributed by atoms with Crippen molar-refractivity contribution in [3.05, 3.63) is 17.5 Å². The van der Waals surface area contributed by atoms with Crippen molar-refractivity contribution in [1.82, 2.24) is 4.31 Å². The Morgan fingerprint density at radius 1 is 1.56 bits per heavy atom. The first-order valence-corrected chi connectivity index (χ1v) is 7.07. The molecule has 1 aromatic rings. The van der Waals surface area contributed by atoms with Gasteiger partial charge in [0.2, 0.25) is 0 Å². The van der Waals surface area contributed by atoms with Crippen molar-refractivity contribution in [2.75, 3.05) is 13.1 Å². The number of carboxylic acid groups (broad SMARTS) is 1. The molecule has 1 fully saturated rings. The Morgan fingerprint density at radius 3 is 2.75 bits per heavy atom. The summed E-state index contributed by atoms with van der Waals surface area (Å²) in [5, 5.41) is 10.3. The Balaban J connectivity index is 2.00. The maximum absolute atomic E-state index is 11.9. The van der Waals surface area contributed by atoms with Crippen molar-refractivity contribution >= 4 is 27.3 Å². The van der Waals surface area contributed by atoms with Crippen LogP contribution in [0.2, 0.25) is 0 Å². The lowest BCUT2D eigenvalue weighted by atomic mass is 10.00. The second-order valence-corrected chi connectivity index (χ2v) is 6.83. The lowest BCUT2D eigenvalue weighted by molar-refractivity contribution is -0.139. The molecule has 0 aliphatic carbocycles. The van der Waals surface area contributed by atoms with Crippen LogP contribution in [0.3, 0.4) is 0 Å². The predicted molar refractivity (Wildman–Crippen MR) is 58.8 cm³/mol. The quantitative estimate of drug-likeness (QED) is 0.871. The molecule has 0 unspecified atom stereocenters. The van der Waals surface area contributed by atoms with E-state index < -0.39 is 16.0 Å². The van der Waals surface area contributed by atoms with Gasteiger partial charge in [-0.2, -0.15) is 4.31 Å². The molecule has 0 amide bonds. The summed E-state index contributed by atoms with van der Waals surface area (Å²) < 4.78 is 25.4. The molecule has 1 aliphatic heterocycles. The molecule has 0 saturated carbocycles. The van der Waals surface area contributed by atoms with Crippen molar-refractivity contribution in [3.63, 3.8) is 0 Å². The lowest BCUT2D eigenvalue weighted by Gasteiger charge is -2.36. The van der Waals surface area contributed by atoms with Crippen molar-refractivity contribution in [2.45, 2.75) is 10.6 Å². The topological polar surface area (TPSA) is 74.7 Å². The summed E-state index contributed by atoms with van der Waals surface area (Å²) in [5.41, 5.74) is 0. The molecule has 1 aromatic heterocycles. The highest BCUT2D eigenvalue weighted by molar-refractivity contribution is 7.91. The molecule has 88 valence electrons. The molecule has 2 rings (SSSR count). The van der Waals surface area contributed by atoms with Gasteiger partial charge in [-0.05, 0) is 17.4 Å². The van der Waals surface area contributed by atoms with Crippen molar-refractivity contribution in [3.8, 4) is 0 Å². The number of hydrogen-bond acceptors (Lipinski definition) is 4. The zero-order valence-corrected chi connectivity index (χ0v) is 10.00. The van der Waals surface area contributed by atoms with Crippen LogP contribution in [0.4, 0.5) is 0 Å². The highest BCUT2D eigenvalue weighted by Crippen LogP contribution is 2.28. The van der Waals surface area contributed by atoms with E-state index in [-0.39, 0.29) is 12.3 Å². The first kappa shape index (κ1) is 11.6. The molecular weight excluding hydrogens is 250 g/mol. The molecule has 0 radical (unpaired) electrons. The van der Waals surface area contributed by atoms with Crippen LogP contribution in [-0.2, 0) is 14.8 Å². The number of hydrogen-bond donors (Lipinski definition) is 1. The van der Waals surface area contributed by atoms with Gasteiger partial charge in [-0.3, -0.25) is 4.79 Å². The summed E-state index contributed by atoms with van der Waals surface area (Å²) in [7, 11) is -3.37. The van der Waals surface area contributed by atoms with E-state index in [1.54, 1.807) is 17.5 Å². The van der Waals surface area contributed by atoms with Gasteiger partial charge in [0.25, 0.3) is 10.0 Å². The Labute approximate surface area is 97.4 Å². The zero-order chi connectivity index (χ0) is 11.8. The standard InChI is InChI=1S/C9H11NO4S2/c11-8(12)4-7-5-10(6-7)16(13,14)9-2-1-3-15-9/h1-3,7H,4-6H2,(H,11,12). The number of carboxylic acids is 1. The Hall–Kier alpha value is -0.920. The molecule has 1 aliphatic rings. The molecule has 0 atom stereocenters. The van der Waals surface area contributed by atoms with Gasteiger partial charge in [0.1, 0.15) is 4.21 Å². The molecule has 1 saturated heterocycles. The maximum Gasteiger partial charge on any atom is 0.303 e. The summed E-state index contributed by atoms with van der Waals surface area (Å²) in [4.78, 5) is 10.4. The lowest BCUT2D eigenvalue weighted by Crippen LogP contribution is -2.50. The third-order valence-corrected chi connectivity index (χ3v) is 5.68. The Morgan fingerprint density at radius 2 is 2.25 bits per heavy atom. The van der Waals surface area contributed by atoms with E-state index in [4.69, 9.17) is 5.11 Å². The molecule has 5 nitrogen and oxygen atoms in total. The van der Waals surface area contributed by atoms with Crippen molar-refractivity contribution in [1.29, 1.82) is 0 Å². The van der Waals surface area contributed by atoms with Crippen LogP contribution in [0.5, 0.6) is 0 Å². The highest BCUT2D eigenvalue weighted by Gasteiger charge is 2.37. The second kappa shape index (κ2) is 4.15. The molecule has 16 heavy (non-hydrogen) atoms. The third-order valence-electron chi connectivity index (χ3n) is 2.48. The van der Waals surface area contributed by atoms with Gasteiger partial charge >= 0.3 is 5.97 Å². The SMILES string of the molecule is O=C(O)CC1CN(S(=O)(=O)c2cccs2)C1. The Kier molecular flexibility index (Phi) is 3.00. The fourth-order valence-corrected chi connectivity index (χ4v) is 4.37. The van der Waals surface area contributed by atoms with Gasteiger partial charge in [-0.25, -0.2) is 8.42 Å². The largest absolute Gasteiger partial charge is 0.481 e. The van der Waals surface area contributed by atoms with Crippen LogP contribution < -0.4 is 0 Å². The fourth-order valence-electron chi connectivity index (χ4n) is 1.63. The molecular formula is C9H11NO4S2. The highest BCUT2D eigenvalue weighted by atomic mass is 32.2. The fraction of sp³-hybridized carbons (Fsp3) is 0.444. The van der Waals surface area contributed by atoms with E-state index >= 15 is 0 Å². The summed E-state index contributed by atoms with van der Waals surface area (Å²) in [6, 6.07) is 3.25. The number of carbonyl (C=O) groups is 1. The van der Waals surface area contributed by atoms with Crippen LogP contribution in [0.15, 0.2) is 21.7 Å². The zero-order valence-electron chi connectivity index (χ0n) is 8.37. The number of thiophene rings is 1. The summed E-state index contributed by atoms with van der Waals surface area (Å²) in [5.74, 6) is -0.926. The van der Waals surface area contributed by atoms with Crippen LogP contribution in [-0.4, -0.2) is 36.9 Å². The van der Waals surface area contributed by atoms with Crippen molar-refractivity contribution < 1.29 is 18.3 Å². The Bertz CT molecular complexity index is 474.